The fraction of sp³-hybridized carbons (Fsp3) is 0.333. The predicted octanol–water partition coefficient (Wildman–Crippen LogP) is 4.96. The summed E-state index contributed by atoms with van der Waals surface area (Å²) in [5, 5.41) is 0.999. The van der Waals surface area contributed by atoms with Gasteiger partial charge >= 0.3 is 0 Å². The van der Waals surface area contributed by atoms with Crippen molar-refractivity contribution in [3.05, 3.63) is 45.8 Å². The highest BCUT2D eigenvalue weighted by atomic mass is 79.9. The Morgan fingerprint density at radius 2 is 1.95 bits per heavy atom. The predicted molar refractivity (Wildman–Crippen MR) is 83.8 cm³/mol. The molecule has 0 unspecified atom stereocenters. The van der Waals surface area contributed by atoms with Crippen LogP contribution >= 0.6 is 27.7 Å². The highest BCUT2D eigenvalue weighted by molar-refractivity contribution is 9.10. The van der Waals surface area contributed by atoms with Gasteiger partial charge in [0.05, 0.1) is 0 Å². The normalized spacial score (nSPS) is 10.7. The minimum Gasteiger partial charge on any atom is -0.226 e. The fourth-order valence-corrected chi connectivity index (χ4v) is 3.35. The maximum Gasteiger partial charge on any atom is 0.130 e. The standard InChI is InChI=1S/C15H17BrN2S/c1-4-5-14-17-13(16)9-15(18-14)19-12-8-10(2)6-7-11(12)3/h6-9H,4-5H2,1-3H3. The van der Waals surface area contributed by atoms with Gasteiger partial charge in [0, 0.05) is 17.4 Å². The van der Waals surface area contributed by atoms with Crippen molar-refractivity contribution in [2.24, 2.45) is 0 Å². The maximum absolute atomic E-state index is 4.61. The summed E-state index contributed by atoms with van der Waals surface area (Å²) >= 11 is 5.17. The van der Waals surface area contributed by atoms with E-state index in [0.717, 1.165) is 28.3 Å². The summed E-state index contributed by atoms with van der Waals surface area (Å²) in [6, 6.07) is 8.47. The molecule has 2 rings (SSSR count). The molecule has 0 aliphatic carbocycles. The van der Waals surface area contributed by atoms with Crippen molar-refractivity contribution in [2.45, 2.75) is 43.5 Å². The third-order valence-electron chi connectivity index (χ3n) is 2.75. The SMILES string of the molecule is CCCc1nc(Br)cc(Sc2cc(C)ccc2C)n1. The summed E-state index contributed by atoms with van der Waals surface area (Å²) in [6.45, 7) is 6.38. The minimum atomic E-state index is 0.860. The highest BCUT2D eigenvalue weighted by Gasteiger charge is 2.06. The van der Waals surface area contributed by atoms with Crippen LogP contribution in [0, 0.1) is 13.8 Å². The molecule has 1 heterocycles. The Balaban J connectivity index is 2.29. The van der Waals surface area contributed by atoms with Crippen molar-refractivity contribution in [1.29, 1.82) is 0 Å². The van der Waals surface area contributed by atoms with Gasteiger partial charge in [-0.05, 0) is 53.4 Å². The summed E-state index contributed by atoms with van der Waals surface area (Å²) in [7, 11) is 0. The summed E-state index contributed by atoms with van der Waals surface area (Å²) < 4.78 is 0.860. The first-order valence-electron chi connectivity index (χ1n) is 6.37. The van der Waals surface area contributed by atoms with Crippen molar-refractivity contribution in [2.75, 3.05) is 0 Å². The number of nitrogens with zero attached hydrogens (tertiary/aromatic N) is 2. The Bertz CT molecular complexity index is 584. The quantitative estimate of drug-likeness (QED) is 0.738. The van der Waals surface area contributed by atoms with Crippen molar-refractivity contribution >= 4 is 27.7 Å². The average Bonchev–Trinajstić information content (AvgIpc) is 2.33. The molecule has 0 saturated heterocycles. The number of aromatic nitrogens is 2. The largest absolute Gasteiger partial charge is 0.226 e. The van der Waals surface area contributed by atoms with Crippen LogP contribution in [0.15, 0.2) is 38.8 Å². The number of benzene rings is 1. The van der Waals surface area contributed by atoms with Crippen LogP contribution in [-0.2, 0) is 6.42 Å². The summed E-state index contributed by atoms with van der Waals surface area (Å²) in [5.74, 6) is 0.907. The van der Waals surface area contributed by atoms with E-state index in [1.54, 1.807) is 11.8 Å². The van der Waals surface area contributed by atoms with Crippen LogP contribution in [0.1, 0.15) is 30.3 Å². The second kappa shape index (κ2) is 6.53. The van der Waals surface area contributed by atoms with Gasteiger partial charge < -0.3 is 0 Å². The van der Waals surface area contributed by atoms with Gasteiger partial charge in [-0.2, -0.15) is 0 Å². The first-order valence-corrected chi connectivity index (χ1v) is 7.98. The van der Waals surface area contributed by atoms with Crippen molar-refractivity contribution < 1.29 is 0 Å². The monoisotopic (exact) mass is 336 g/mol. The Labute approximate surface area is 127 Å². The van der Waals surface area contributed by atoms with Gasteiger partial charge in [0.1, 0.15) is 15.5 Å². The van der Waals surface area contributed by atoms with Crippen LogP contribution in [0.4, 0.5) is 0 Å². The third kappa shape index (κ3) is 4.05. The van der Waals surface area contributed by atoms with Gasteiger partial charge in [0.2, 0.25) is 0 Å². The molecule has 19 heavy (non-hydrogen) atoms. The molecule has 2 aromatic rings. The molecule has 0 aliphatic heterocycles. The van der Waals surface area contributed by atoms with Crippen LogP contribution in [0.2, 0.25) is 0 Å². The van der Waals surface area contributed by atoms with E-state index in [4.69, 9.17) is 0 Å². The first kappa shape index (κ1) is 14.5. The van der Waals surface area contributed by atoms with Crippen LogP contribution < -0.4 is 0 Å². The molecule has 0 atom stereocenters. The van der Waals surface area contributed by atoms with Crippen LogP contribution in [0.5, 0.6) is 0 Å². The molecule has 0 radical (unpaired) electrons. The average molecular weight is 337 g/mol. The van der Waals surface area contributed by atoms with Gasteiger partial charge in [-0.1, -0.05) is 30.8 Å². The molecule has 0 saturated carbocycles. The third-order valence-corrected chi connectivity index (χ3v) is 4.23. The number of hydrogen-bond donors (Lipinski definition) is 0. The van der Waals surface area contributed by atoms with Crippen molar-refractivity contribution in [1.82, 2.24) is 9.97 Å². The van der Waals surface area contributed by atoms with Gasteiger partial charge in [-0.15, -0.1) is 0 Å². The Morgan fingerprint density at radius 3 is 2.68 bits per heavy atom. The van der Waals surface area contributed by atoms with E-state index in [0.29, 0.717) is 0 Å². The lowest BCUT2D eigenvalue weighted by Crippen LogP contribution is -1.96. The lowest BCUT2D eigenvalue weighted by molar-refractivity contribution is 0.803. The molecule has 0 fully saturated rings. The van der Waals surface area contributed by atoms with E-state index in [1.807, 2.05) is 6.07 Å². The molecule has 1 aromatic heterocycles. The van der Waals surface area contributed by atoms with Gasteiger partial charge in [-0.25, -0.2) is 9.97 Å². The summed E-state index contributed by atoms with van der Waals surface area (Å²) in [6.07, 6.45) is 1.98. The highest BCUT2D eigenvalue weighted by Crippen LogP contribution is 2.30. The molecule has 0 spiro atoms. The fourth-order valence-electron chi connectivity index (χ4n) is 1.76. The molecular weight excluding hydrogens is 320 g/mol. The van der Waals surface area contributed by atoms with E-state index in [1.165, 1.54) is 16.0 Å². The molecule has 0 amide bonds. The molecule has 0 N–H and O–H groups in total. The maximum atomic E-state index is 4.61. The second-order valence-corrected chi connectivity index (χ2v) is 6.44. The molecule has 0 bridgehead atoms. The number of halogens is 1. The summed E-state index contributed by atoms with van der Waals surface area (Å²) in [5.41, 5.74) is 2.55. The smallest absolute Gasteiger partial charge is 0.130 e. The lowest BCUT2D eigenvalue weighted by Gasteiger charge is -2.07. The van der Waals surface area contributed by atoms with E-state index in [9.17, 15) is 0 Å². The summed E-state index contributed by atoms with van der Waals surface area (Å²) in [4.78, 5) is 10.3. The molecule has 0 aliphatic rings. The van der Waals surface area contributed by atoms with E-state index in [-0.39, 0.29) is 0 Å². The van der Waals surface area contributed by atoms with E-state index >= 15 is 0 Å². The minimum absolute atomic E-state index is 0.860. The van der Waals surface area contributed by atoms with Gasteiger partial charge in [0.15, 0.2) is 0 Å². The zero-order chi connectivity index (χ0) is 13.8. The Hall–Kier alpha value is -0.870. The first-order chi connectivity index (χ1) is 9.08. The molecule has 100 valence electrons. The Morgan fingerprint density at radius 1 is 1.16 bits per heavy atom. The van der Waals surface area contributed by atoms with Gasteiger partial charge in [-0.3, -0.25) is 0 Å². The van der Waals surface area contributed by atoms with E-state index < -0.39 is 0 Å². The van der Waals surface area contributed by atoms with Gasteiger partial charge in [0.25, 0.3) is 0 Å². The van der Waals surface area contributed by atoms with Crippen LogP contribution in [0.3, 0.4) is 0 Å². The van der Waals surface area contributed by atoms with Crippen LogP contribution in [-0.4, -0.2) is 9.97 Å². The van der Waals surface area contributed by atoms with E-state index in [2.05, 4.69) is 64.9 Å². The molecular formula is C15H17BrN2S. The number of hydrogen-bond acceptors (Lipinski definition) is 3. The van der Waals surface area contributed by atoms with Crippen molar-refractivity contribution in [3.8, 4) is 0 Å². The zero-order valence-corrected chi connectivity index (χ0v) is 13.8. The second-order valence-electron chi connectivity index (χ2n) is 4.57. The Kier molecular flexibility index (Phi) is 4.99. The lowest BCUT2D eigenvalue weighted by atomic mass is 10.2. The zero-order valence-electron chi connectivity index (χ0n) is 11.4. The molecule has 4 heteroatoms. The molecule has 2 nitrogen and oxygen atoms in total. The number of rotatable bonds is 4. The molecule has 1 aromatic carbocycles. The number of aryl methyl sites for hydroxylation is 3. The van der Waals surface area contributed by atoms with Crippen molar-refractivity contribution in [3.63, 3.8) is 0 Å². The topological polar surface area (TPSA) is 25.8 Å². The van der Waals surface area contributed by atoms with Crippen LogP contribution in [0.25, 0.3) is 0 Å².